The van der Waals surface area contributed by atoms with E-state index >= 15 is 0 Å². The summed E-state index contributed by atoms with van der Waals surface area (Å²) in [6.07, 6.45) is 0. The van der Waals surface area contributed by atoms with Crippen molar-refractivity contribution in [2.45, 2.75) is 0 Å². The first-order valence-electron chi connectivity index (χ1n) is 3.86. The van der Waals surface area contributed by atoms with Crippen LogP contribution >= 0.6 is 0 Å². The van der Waals surface area contributed by atoms with E-state index in [1.807, 2.05) is 0 Å². The van der Waals surface area contributed by atoms with Gasteiger partial charge < -0.3 is 4.74 Å². The van der Waals surface area contributed by atoms with Gasteiger partial charge >= 0.3 is 0 Å². The number of nitrogens with one attached hydrogen (secondary N) is 1. The molecule has 0 aromatic heterocycles. The Morgan fingerprint density at radius 1 is 1.46 bits per heavy atom. The molecule has 1 rings (SSSR count). The normalized spacial score (nSPS) is 19.6. The Morgan fingerprint density at radius 3 is 2.62 bits per heavy atom. The lowest BCUT2D eigenvalue weighted by Gasteiger charge is -2.25. The summed E-state index contributed by atoms with van der Waals surface area (Å²) in [5.74, 6) is 0. The lowest BCUT2D eigenvalue weighted by Crippen LogP contribution is -2.46. The number of nitrogens with zero attached hydrogens (tertiary/aromatic N) is 2. The molecule has 6 nitrogen and oxygen atoms in total. The zero-order chi connectivity index (χ0) is 9.73. The van der Waals surface area contributed by atoms with Crippen molar-refractivity contribution >= 4 is 10.2 Å². The molecule has 0 spiro atoms. The van der Waals surface area contributed by atoms with E-state index in [1.165, 1.54) is 4.31 Å². The van der Waals surface area contributed by atoms with Crippen LogP contribution in [0.1, 0.15) is 0 Å². The highest BCUT2D eigenvalue weighted by Gasteiger charge is 2.23. The van der Waals surface area contributed by atoms with Crippen LogP contribution in [-0.2, 0) is 14.9 Å². The van der Waals surface area contributed by atoms with E-state index < -0.39 is 10.2 Å². The maximum Gasteiger partial charge on any atom is 0.280 e. The number of nitriles is 1. The minimum Gasteiger partial charge on any atom is -0.379 e. The highest BCUT2D eigenvalue weighted by atomic mass is 32.2. The van der Waals surface area contributed by atoms with Gasteiger partial charge in [0.1, 0.15) is 0 Å². The predicted octanol–water partition coefficient (Wildman–Crippen LogP) is -1.32. The second kappa shape index (κ2) is 4.53. The van der Waals surface area contributed by atoms with Gasteiger partial charge in [-0.2, -0.15) is 22.7 Å². The Bertz CT molecular complexity index is 289. The van der Waals surface area contributed by atoms with Crippen molar-refractivity contribution in [2.75, 3.05) is 32.8 Å². The number of rotatable bonds is 3. The summed E-state index contributed by atoms with van der Waals surface area (Å²) in [6, 6.07) is 1.71. The van der Waals surface area contributed by atoms with Crippen molar-refractivity contribution in [3.8, 4) is 6.07 Å². The highest BCUT2D eigenvalue weighted by molar-refractivity contribution is 7.87. The molecular weight excluding hydrogens is 194 g/mol. The van der Waals surface area contributed by atoms with Crippen molar-refractivity contribution in [3.05, 3.63) is 0 Å². The monoisotopic (exact) mass is 205 g/mol. The van der Waals surface area contributed by atoms with Crippen molar-refractivity contribution in [1.82, 2.24) is 9.03 Å². The summed E-state index contributed by atoms with van der Waals surface area (Å²) in [4.78, 5) is 0. The van der Waals surface area contributed by atoms with Crippen LogP contribution in [-0.4, -0.2) is 45.6 Å². The number of ether oxygens (including phenoxy) is 1. The molecular formula is C6H11N3O3S. The standard InChI is InChI=1S/C6H11N3O3S/c7-1-2-8-13(10,11)9-3-5-12-6-4-9/h8H,2-6H2. The number of hydrogen-bond acceptors (Lipinski definition) is 4. The van der Waals surface area contributed by atoms with Crippen LogP contribution < -0.4 is 4.72 Å². The molecule has 1 aliphatic heterocycles. The topological polar surface area (TPSA) is 82.4 Å². The number of morpholine rings is 1. The molecule has 1 heterocycles. The largest absolute Gasteiger partial charge is 0.379 e. The first-order valence-corrected chi connectivity index (χ1v) is 5.30. The van der Waals surface area contributed by atoms with Gasteiger partial charge in [-0.05, 0) is 0 Å². The van der Waals surface area contributed by atoms with Crippen molar-refractivity contribution in [2.24, 2.45) is 0 Å². The fourth-order valence-electron chi connectivity index (χ4n) is 1.00. The van der Waals surface area contributed by atoms with Crippen LogP contribution in [0.4, 0.5) is 0 Å². The van der Waals surface area contributed by atoms with E-state index in [-0.39, 0.29) is 6.54 Å². The Labute approximate surface area is 77.3 Å². The smallest absolute Gasteiger partial charge is 0.280 e. The fraction of sp³-hybridized carbons (Fsp3) is 0.833. The Morgan fingerprint density at radius 2 is 2.08 bits per heavy atom. The Kier molecular flexibility index (Phi) is 3.62. The minimum atomic E-state index is -3.46. The quantitative estimate of drug-likeness (QED) is 0.579. The second-order valence-electron chi connectivity index (χ2n) is 2.50. The molecule has 0 atom stereocenters. The highest BCUT2D eigenvalue weighted by Crippen LogP contribution is 2.01. The molecule has 0 aromatic rings. The van der Waals surface area contributed by atoms with Crippen LogP contribution in [0.2, 0.25) is 0 Å². The molecule has 0 aliphatic carbocycles. The van der Waals surface area contributed by atoms with Gasteiger partial charge in [-0.15, -0.1) is 0 Å². The lowest BCUT2D eigenvalue weighted by molar-refractivity contribution is 0.0725. The van der Waals surface area contributed by atoms with Gasteiger partial charge in [0.2, 0.25) is 0 Å². The lowest BCUT2D eigenvalue weighted by atomic mass is 10.5. The van der Waals surface area contributed by atoms with Crippen LogP contribution in [0.3, 0.4) is 0 Å². The summed E-state index contributed by atoms with van der Waals surface area (Å²) in [6.45, 7) is 1.32. The molecule has 74 valence electrons. The SMILES string of the molecule is N#CCNS(=O)(=O)N1CCOCC1. The average Bonchev–Trinajstić information content (AvgIpc) is 2.16. The zero-order valence-electron chi connectivity index (χ0n) is 7.06. The van der Waals surface area contributed by atoms with E-state index in [0.29, 0.717) is 26.3 Å². The van der Waals surface area contributed by atoms with Gasteiger partial charge in [0.05, 0.1) is 25.8 Å². The van der Waals surface area contributed by atoms with Gasteiger partial charge in [-0.1, -0.05) is 0 Å². The van der Waals surface area contributed by atoms with E-state index in [0.717, 1.165) is 0 Å². The number of hydrogen-bond donors (Lipinski definition) is 1. The molecule has 7 heteroatoms. The van der Waals surface area contributed by atoms with Gasteiger partial charge in [-0.25, -0.2) is 0 Å². The summed E-state index contributed by atoms with van der Waals surface area (Å²) in [7, 11) is -3.46. The molecule has 0 radical (unpaired) electrons. The molecule has 13 heavy (non-hydrogen) atoms. The van der Waals surface area contributed by atoms with Gasteiger partial charge in [0, 0.05) is 13.1 Å². The van der Waals surface area contributed by atoms with E-state index in [2.05, 4.69) is 4.72 Å². The first-order chi connectivity index (χ1) is 6.17. The summed E-state index contributed by atoms with van der Waals surface area (Å²) >= 11 is 0. The molecule has 1 N–H and O–H groups in total. The zero-order valence-corrected chi connectivity index (χ0v) is 7.88. The van der Waals surface area contributed by atoms with Crippen LogP contribution in [0.15, 0.2) is 0 Å². The molecule has 0 bridgehead atoms. The molecule has 0 aromatic carbocycles. The Balaban J connectivity index is 2.53. The van der Waals surface area contributed by atoms with Crippen LogP contribution in [0.5, 0.6) is 0 Å². The molecule has 0 amide bonds. The molecule has 0 saturated carbocycles. The molecule has 1 aliphatic rings. The van der Waals surface area contributed by atoms with Gasteiger partial charge in [-0.3, -0.25) is 0 Å². The summed E-state index contributed by atoms with van der Waals surface area (Å²) in [5.41, 5.74) is 0. The molecule has 1 fully saturated rings. The summed E-state index contributed by atoms with van der Waals surface area (Å²) < 4.78 is 31.1. The third-order valence-corrected chi connectivity index (χ3v) is 3.20. The Hall–Kier alpha value is -0.680. The predicted molar refractivity (Wildman–Crippen MR) is 44.9 cm³/mol. The van der Waals surface area contributed by atoms with E-state index in [1.54, 1.807) is 6.07 Å². The molecule has 0 unspecified atom stereocenters. The first kappa shape index (κ1) is 10.4. The maximum absolute atomic E-state index is 11.4. The minimum absolute atomic E-state index is 0.195. The second-order valence-corrected chi connectivity index (χ2v) is 4.25. The van der Waals surface area contributed by atoms with E-state index in [4.69, 9.17) is 10.00 Å². The van der Waals surface area contributed by atoms with E-state index in [9.17, 15) is 8.42 Å². The molecule has 1 saturated heterocycles. The maximum atomic E-state index is 11.4. The average molecular weight is 205 g/mol. The van der Waals surface area contributed by atoms with Crippen molar-refractivity contribution < 1.29 is 13.2 Å². The van der Waals surface area contributed by atoms with Crippen LogP contribution in [0.25, 0.3) is 0 Å². The third-order valence-electron chi connectivity index (χ3n) is 1.64. The third kappa shape index (κ3) is 2.93. The van der Waals surface area contributed by atoms with Crippen molar-refractivity contribution in [1.29, 1.82) is 5.26 Å². The summed E-state index contributed by atoms with van der Waals surface area (Å²) in [5, 5.41) is 8.21. The fourth-order valence-corrected chi connectivity index (χ4v) is 2.06. The van der Waals surface area contributed by atoms with Crippen molar-refractivity contribution in [3.63, 3.8) is 0 Å². The van der Waals surface area contributed by atoms with Gasteiger partial charge in [0.15, 0.2) is 0 Å². The van der Waals surface area contributed by atoms with Crippen LogP contribution in [0, 0.1) is 11.3 Å². The van der Waals surface area contributed by atoms with Gasteiger partial charge in [0.25, 0.3) is 10.2 Å².